The number of nitrogens with one attached hydrogen (secondary N) is 1. The van der Waals surface area contributed by atoms with Gasteiger partial charge in [-0.05, 0) is 238 Å². The van der Waals surface area contributed by atoms with E-state index in [1.165, 1.54) is 38.0 Å². The first-order valence-electron chi connectivity index (χ1n) is 49.9. The number of carbonyl (C=O) groups excluding carboxylic acids is 6. The van der Waals surface area contributed by atoms with Crippen LogP contribution in [0.25, 0.3) is 0 Å². The summed E-state index contributed by atoms with van der Waals surface area (Å²) in [4.78, 5) is 123. The summed E-state index contributed by atoms with van der Waals surface area (Å²) in [7, 11) is 1.71. The van der Waals surface area contributed by atoms with Gasteiger partial charge in [0.05, 0.1) is 66.6 Å². The quantitative estimate of drug-likeness (QED) is 0.0671. The second-order valence-corrected chi connectivity index (χ2v) is 51.6. The Morgan fingerprint density at radius 3 is 1.32 bits per heavy atom. The Morgan fingerprint density at radius 2 is 0.831 bits per heavy atom. The fourth-order valence-corrected chi connectivity index (χ4v) is 21.3. The molecule has 0 radical (unpaired) electrons. The van der Waals surface area contributed by atoms with Crippen LogP contribution in [0.4, 0.5) is 0 Å². The van der Waals surface area contributed by atoms with E-state index in [1.807, 2.05) is 238 Å². The number of aliphatic hydroxyl groups is 1. The monoisotopic (exact) mass is 2260 g/mol. The maximum absolute atomic E-state index is 13.3. The molecule has 6 saturated heterocycles. The molecule has 0 bridgehead atoms. The SMILES string of the molecule is Br[Se]c1ccccc1.CC(C)(C)OCC1=CC(=O)[C@H]2OC(C)(C)O[C@@H]12.CC(C)(C)OCC1=CC(O)[C@H]2OC(C)(C)O[C@@H]12.CC(C)(C)OCC1=CC(n2ccc(=O)n(C(=O)c3ccccc3)c2=O)[C@H]2OC(C)(C)O[C@@H]12.CC(C)(C)OCC1C([Se]c2ccccc2)C(=O)[C@H]2OC(C)(C)O[C@@H]12.CC(C)(C)OCC1CC(=O)[C@H]2OC(C)(C)O[C@@H]12.CC1(C)OC2C(=O)C=C[C@@H]2O1.COC(C)(C)C.O=C(c1ccccc1)n1c(=O)cc[nH]c1=O. The molecule has 33 nitrogen and oxygen atoms in total. The topological polar surface area (TPSA) is 388 Å². The molecule has 17 atom stereocenters. The second kappa shape index (κ2) is 49.6. The number of hydrogen-bond donors (Lipinski definition) is 2. The molecule has 6 aliphatic carbocycles. The number of ketones is 4. The molecule has 814 valence electrons. The molecule has 2 saturated carbocycles. The summed E-state index contributed by atoms with van der Waals surface area (Å²) in [6.45, 7) is 60.4. The van der Waals surface area contributed by atoms with Crippen molar-refractivity contribution >= 4 is 86.1 Å². The van der Waals surface area contributed by atoms with Crippen LogP contribution in [0.3, 0.4) is 0 Å². The third-order valence-corrected chi connectivity index (χ3v) is 29.6. The van der Waals surface area contributed by atoms with E-state index in [1.54, 1.807) is 86.0 Å². The number of nitrogens with zero attached hydrogens (tertiary/aromatic N) is 3. The molecular weight excluding hydrogens is 2100 g/mol. The van der Waals surface area contributed by atoms with E-state index in [4.69, 9.17) is 85.3 Å². The fraction of sp³-hybridized carbons (Fsp3) is 0.589. The first kappa shape index (κ1) is 122. The first-order chi connectivity index (χ1) is 68.4. The van der Waals surface area contributed by atoms with Gasteiger partial charge in [0.2, 0.25) is 0 Å². The summed E-state index contributed by atoms with van der Waals surface area (Å²) in [6, 6.07) is 38.8. The minimum atomic E-state index is -0.841. The van der Waals surface area contributed by atoms with Crippen molar-refractivity contribution in [2.24, 2.45) is 11.8 Å². The number of benzene rings is 4. The minimum Gasteiger partial charge on any atom is -0.379 e. The van der Waals surface area contributed by atoms with Crippen molar-refractivity contribution in [2.45, 2.75) is 373 Å². The Kier molecular flexibility index (Phi) is 40.8. The number of carbonyl (C=O) groups is 6. The van der Waals surface area contributed by atoms with Crippen LogP contribution in [0.15, 0.2) is 212 Å². The largest absolute Gasteiger partial charge is 0.379 e. The zero-order chi connectivity index (χ0) is 110. The van der Waals surface area contributed by atoms with E-state index < -0.39 is 112 Å². The molecule has 0 spiro atoms. The number of halogens is 1. The number of H-pyrrole nitrogens is 1. The Hall–Kier alpha value is -8.02. The number of rotatable bonds is 16. The molecular formula is C112H153BrN4O29Se2. The standard InChI is InChI=1S/C24H28N2O6.C19H26O4Se.2C13H22O4.C13H20O4.C11H8N2O3.C8H10O3.C6H5BrSe.C5H12O/c1-23(2,3)30-14-16-13-17(20-19(16)31-24(4,5)32-20)25-12-11-18(27)26(22(25)29)21(28)15-9-7-6-8-10-15;1-18(2,3)21-11-13-15-16(23-19(4,5)22-15)14(20)17(13)24-12-9-7-6-8-10-12;3*1-12(2,3)15-7-8-6-9(14)11-10(8)16-13(4,5)17-11;14-9-6-7-12-11(16)13(9)10(15)8-4-2-1-3-5-8;1-8(2)10-6-4-3-5(9)7(6)11-8;7-8-6-4-2-1-3-5-6;1-5(2,3)6-4/h6-13,17,19-20H,14H2,1-5H3;6-10,13,15-17H,11H2,1-5H3;8,10-11H,6-7H2,1-5H3;6,9-11,14H,7H2,1-5H3;6,10-11H,7H2,1-5H3;1-7H,(H,12,16);3-4,6-7H,1-2H3;1-5H;1-4H3/t17?,19-,20+;13?,15-,16+,17?;8?,10-,11+;9?,10-,11+;10-,11+;;6-,7?;;/m00000.0../s1. The molecule has 0 amide bonds. The van der Waals surface area contributed by atoms with E-state index in [9.17, 15) is 53.1 Å². The van der Waals surface area contributed by atoms with Crippen LogP contribution in [-0.4, -0.2) is 275 Å². The zero-order valence-corrected chi connectivity index (χ0v) is 96.2. The van der Waals surface area contributed by atoms with Crippen LogP contribution in [0.2, 0.25) is 4.82 Å². The van der Waals surface area contributed by atoms with Crippen LogP contribution in [0.1, 0.15) is 241 Å². The molecule has 6 aliphatic heterocycles. The maximum atomic E-state index is 13.3. The smallest absolute Gasteiger partial charge is 0.335 e. The van der Waals surface area contributed by atoms with Gasteiger partial charge in [0.15, 0.2) is 58.5 Å². The zero-order valence-electron chi connectivity index (χ0n) is 91.2. The second-order valence-electron chi connectivity index (χ2n) is 46.0. The summed E-state index contributed by atoms with van der Waals surface area (Å²) in [5.74, 6) is -4.93. The Bertz CT molecular complexity index is 5880. The summed E-state index contributed by atoms with van der Waals surface area (Å²) in [5, 5.41) is 9.89. The van der Waals surface area contributed by atoms with Crippen LogP contribution in [0.5, 0.6) is 0 Å². The van der Waals surface area contributed by atoms with Crippen LogP contribution in [0, 0.1) is 11.8 Å². The molecule has 8 fully saturated rings. The average Bonchev–Trinajstić information content (AvgIpc) is 1.59. The van der Waals surface area contributed by atoms with Crippen molar-refractivity contribution in [3.63, 3.8) is 0 Å². The third-order valence-electron chi connectivity index (χ3n) is 23.8. The molecule has 8 heterocycles. The number of Topliss-reactive ketones (excluding diaryl/α,β-unsaturated/α-hetero) is 2. The maximum Gasteiger partial charge on any atom is 0.335 e. The molecule has 6 aromatic rings. The molecule has 18 rings (SSSR count). The van der Waals surface area contributed by atoms with Gasteiger partial charge in [0.1, 0.15) is 48.8 Å². The first-order valence-corrected chi connectivity index (χ1v) is 56.6. The number of aromatic nitrogens is 4. The van der Waals surface area contributed by atoms with Crippen molar-refractivity contribution in [2.75, 3.05) is 40.1 Å². The van der Waals surface area contributed by atoms with Crippen LogP contribution in [-0.2, 0) is 104 Å². The molecule has 6 unspecified atom stereocenters. The van der Waals surface area contributed by atoms with Gasteiger partial charge >= 0.3 is 224 Å². The van der Waals surface area contributed by atoms with Crippen molar-refractivity contribution in [1.82, 2.24) is 18.7 Å². The predicted molar refractivity (Wildman–Crippen MR) is 563 cm³/mol. The Labute approximate surface area is 888 Å². The van der Waals surface area contributed by atoms with E-state index >= 15 is 0 Å². The van der Waals surface area contributed by atoms with Crippen LogP contribution < -0.4 is 31.4 Å². The van der Waals surface area contributed by atoms with Gasteiger partial charge in [-0.1, -0.05) is 42.5 Å². The Morgan fingerprint density at radius 1 is 0.426 bits per heavy atom. The molecule has 12 aliphatic rings. The molecule has 2 N–H and O–H groups in total. The van der Waals surface area contributed by atoms with Crippen LogP contribution >= 0.6 is 14.1 Å². The molecule has 148 heavy (non-hydrogen) atoms. The number of fused-ring (bicyclic) bond motifs is 6. The van der Waals surface area contributed by atoms with Crippen molar-refractivity contribution in [1.29, 1.82) is 0 Å². The van der Waals surface area contributed by atoms with Gasteiger partial charge < -0.3 is 81.1 Å². The van der Waals surface area contributed by atoms with Gasteiger partial charge in [-0.15, -0.1) is 0 Å². The van der Waals surface area contributed by atoms with Crippen molar-refractivity contribution in [3.05, 3.63) is 246 Å². The van der Waals surface area contributed by atoms with E-state index in [0.29, 0.717) is 67.3 Å². The van der Waals surface area contributed by atoms with Crippen molar-refractivity contribution < 1.29 is 119 Å². The molecule has 4 aromatic carbocycles. The summed E-state index contributed by atoms with van der Waals surface area (Å²) in [5.41, 5.74) is -0.674. The summed E-state index contributed by atoms with van der Waals surface area (Å²) < 4.78 is 108. The van der Waals surface area contributed by atoms with E-state index in [-0.39, 0.29) is 137 Å². The predicted octanol–water partition coefficient (Wildman–Crippen LogP) is 13.8. The van der Waals surface area contributed by atoms with Gasteiger partial charge in [-0.3, -0.25) is 38.1 Å². The van der Waals surface area contributed by atoms with Gasteiger partial charge in [-0.2, -0.15) is 9.13 Å². The van der Waals surface area contributed by atoms with Crippen molar-refractivity contribution in [3.8, 4) is 0 Å². The average molecular weight is 2260 g/mol. The normalized spacial score (nSPS) is 27.4. The summed E-state index contributed by atoms with van der Waals surface area (Å²) >= 11 is 3.95. The van der Waals surface area contributed by atoms with Gasteiger partial charge in [-0.25, -0.2) is 9.59 Å². The third kappa shape index (κ3) is 35.3. The van der Waals surface area contributed by atoms with E-state index in [0.717, 1.165) is 22.8 Å². The summed E-state index contributed by atoms with van der Waals surface area (Å²) in [6.07, 6.45) is 7.21. The number of ether oxygens (including phenoxy) is 18. The number of aromatic amines is 1. The number of methoxy groups -OCH3 is 1. The Balaban J connectivity index is 0.000000176. The van der Waals surface area contributed by atoms with E-state index in [2.05, 4.69) is 55.5 Å². The minimum absolute atomic E-state index is 0.0144. The van der Waals surface area contributed by atoms with Gasteiger partial charge in [0, 0.05) is 55.1 Å². The molecule has 36 heteroatoms. The fourth-order valence-electron chi connectivity index (χ4n) is 17.0. The number of hydrogen-bond acceptors (Lipinski definition) is 29. The molecule has 2 aromatic heterocycles. The van der Waals surface area contributed by atoms with Gasteiger partial charge in [0.25, 0.3) is 22.9 Å². The number of aliphatic hydroxyl groups excluding tert-OH is 1.